The number of carbonyl (C=O) groups excluding carboxylic acids is 2. The highest BCUT2D eigenvalue weighted by molar-refractivity contribution is 5.95. The van der Waals surface area contributed by atoms with E-state index in [1.807, 2.05) is 37.3 Å². The molecule has 0 bridgehead atoms. The molecule has 2 N–H and O–H groups in total. The molecule has 158 valence electrons. The summed E-state index contributed by atoms with van der Waals surface area (Å²) in [7, 11) is 0. The predicted molar refractivity (Wildman–Crippen MR) is 112 cm³/mol. The van der Waals surface area contributed by atoms with Gasteiger partial charge < -0.3 is 15.4 Å². The first kappa shape index (κ1) is 21.5. The van der Waals surface area contributed by atoms with E-state index in [4.69, 9.17) is 4.74 Å². The Morgan fingerprint density at radius 3 is 2.53 bits per heavy atom. The fourth-order valence-corrected chi connectivity index (χ4v) is 3.47. The van der Waals surface area contributed by atoms with Gasteiger partial charge in [-0.2, -0.15) is 0 Å². The van der Waals surface area contributed by atoms with Crippen LogP contribution in [0.2, 0.25) is 0 Å². The summed E-state index contributed by atoms with van der Waals surface area (Å²) in [5, 5.41) is 5.49. The fourth-order valence-electron chi connectivity index (χ4n) is 3.47. The maximum Gasteiger partial charge on any atom is 0.338 e. The van der Waals surface area contributed by atoms with Crippen LogP contribution in [0.15, 0.2) is 65.9 Å². The lowest BCUT2D eigenvalue weighted by atomic mass is 9.95. The molecule has 0 spiro atoms. The molecule has 7 heteroatoms. The van der Waals surface area contributed by atoms with Gasteiger partial charge in [-0.15, -0.1) is 0 Å². The summed E-state index contributed by atoms with van der Waals surface area (Å²) in [6, 6.07) is 14.6. The molecule has 0 unspecified atom stereocenters. The third kappa shape index (κ3) is 5.24. The van der Waals surface area contributed by atoms with Gasteiger partial charge in [0.25, 0.3) is 0 Å². The van der Waals surface area contributed by atoms with Gasteiger partial charge in [0.2, 0.25) is 0 Å². The molecule has 0 fully saturated rings. The minimum absolute atomic E-state index is 0.195. The third-order valence-electron chi connectivity index (χ3n) is 4.91. The standard InChI is InChI=1S/C23H26FN3O3/c1-3-27(14-16-9-6-5-7-10-16)15-19-20(22(28)30-4-2)21(26-23(29)25-19)17-11-8-12-18(24)13-17/h5-13,21H,3-4,14-15H2,1-2H3,(H2,25,26,29)/t21-/m0/s1. The Morgan fingerprint density at radius 2 is 1.87 bits per heavy atom. The number of hydrogen-bond acceptors (Lipinski definition) is 4. The Morgan fingerprint density at radius 1 is 1.10 bits per heavy atom. The number of carbonyl (C=O) groups is 2. The number of rotatable bonds is 8. The molecule has 30 heavy (non-hydrogen) atoms. The van der Waals surface area contributed by atoms with Crippen molar-refractivity contribution in [3.05, 3.63) is 82.8 Å². The van der Waals surface area contributed by atoms with Crippen LogP contribution in [0, 0.1) is 5.82 Å². The van der Waals surface area contributed by atoms with Crippen LogP contribution in [0.25, 0.3) is 0 Å². The monoisotopic (exact) mass is 411 g/mol. The minimum Gasteiger partial charge on any atom is -0.463 e. The van der Waals surface area contributed by atoms with Crippen LogP contribution in [0.3, 0.4) is 0 Å². The number of halogens is 1. The number of nitrogens with zero attached hydrogens (tertiary/aromatic N) is 1. The van der Waals surface area contributed by atoms with Crippen molar-refractivity contribution < 1.29 is 18.7 Å². The second kappa shape index (κ2) is 10.0. The van der Waals surface area contributed by atoms with Gasteiger partial charge in [-0.3, -0.25) is 4.90 Å². The predicted octanol–water partition coefficient (Wildman–Crippen LogP) is 3.52. The second-order valence-electron chi connectivity index (χ2n) is 6.99. The topological polar surface area (TPSA) is 70.7 Å². The number of urea groups is 1. The summed E-state index contributed by atoms with van der Waals surface area (Å²) in [5.41, 5.74) is 2.36. The molecular formula is C23H26FN3O3. The Balaban J connectivity index is 1.97. The average Bonchev–Trinajstić information content (AvgIpc) is 2.73. The van der Waals surface area contributed by atoms with E-state index in [9.17, 15) is 14.0 Å². The maximum atomic E-state index is 13.8. The van der Waals surface area contributed by atoms with Gasteiger partial charge in [-0.25, -0.2) is 14.0 Å². The average molecular weight is 411 g/mol. The number of benzene rings is 2. The van der Waals surface area contributed by atoms with Gasteiger partial charge >= 0.3 is 12.0 Å². The van der Waals surface area contributed by atoms with Gasteiger partial charge in [-0.05, 0) is 36.7 Å². The highest BCUT2D eigenvalue weighted by atomic mass is 19.1. The molecule has 6 nitrogen and oxygen atoms in total. The quantitative estimate of drug-likeness (QED) is 0.652. The molecule has 0 saturated carbocycles. The Bertz CT molecular complexity index is 930. The van der Waals surface area contributed by atoms with E-state index in [-0.39, 0.29) is 12.2 Å². The summed E-state index contributed by atoms with van der Waals surface area (Å²) in [4.78, 5) is 27.3. The van der Waals surface area contributed by atoms with Crippen LogP contribution in [0.1, 0.15) is 31.0 Å². The molecule has 1 atom stereocenters. The Labute approximate surface area is 175 Å². The number of ether oxygens (including phenoxy) is 1. The number of esters is 1. The van der Waals surface area contributed by atoms with Crippen LogP contribution in [-0.4, -0.2) is 36.6 Å². The van der Waals surface area contributed by atoms with E-state index in [0.29, 0.717) is 30.9 Å². The molecule has 0 radical (unpaired) electrons. The fraction of sp³-hybridized carbons (Fsp3) is 0.304. The summed E-state index contributed by atoms with van der Waals surface area (Å²) >= 11 is 0. The van der Waals surface area contributed by atoms with Gasteiger partial charge in [0.05, 0.1) is 18.2 Å². The SMILES string of the molecule is CCOC(=O)C1=C(CN(CC)Cc2ccccc2)NC(=O)N[C@H]1c1cccc(F)c1. The van der Waals surface area contributed by atoms with Gasteiger partial charge in [-0.1, -0.05) is 49.4 Å². The summed E-state index contributed by atoms with van der Waals surface area (Å²) in [6.45, 7) is 5.64. The molecule has 2 aromatic carbocycles. The number of likely N-dealkylation sites (N-methyl/N-ethyl adjacent to an activating group) is 1. The molecule has 3 rings (SSSR count). The number of amides is 2. The lowest BCUT2D eigenvalue weighted by Crippen LogP contribution is -2.48. The van der Waals surface area contributed by atoms with Crippen LogP contribution >= 0.6 is 0 Å². The molecule has 2 aromatic rings. The van der Waals surface area contributed by atoms with Crippen molar-refractivity contribution in [1.29, 1.82) is 0 Å². The van der Waals surface area contributed by atoms with Gasteiger partial charge in [0.15, 0.2) is 0 Å². The largest absolute Gasteiger partial charge is 0.463 e. The van der Waals surface area contributed by atoms with E-state index in [1.165, 1.54) is 12.1 Å². The molecular weight excluding hydrogens is 385 g/mol. The van der Waals surface area contributed by atoms with Crippen molar-refractivity contribution in [2.45, 2.75) is 26.4 Å². The molecule has 1 aliphatic rings. The first-order chi connectivity index (χ1) is 14.5. The van der Waals surface area contributed by atoms with E-state index in [0.717, 1.165) is 5.56 Å². The molecule has 1 aliphatic heterocycles. The molecule has 0 saturated heterocycles. The molecule has 2 amide bonds. The first-order valence-electron chi connectivity index (χ1n) is 10.0. The van der Waals surface area contributed by atoms with Crippen LogP contribution in [0.5, 0.6) is 0 Å². The molecule has 0 aromatic heterocycles. The maximum absolute atomic E-state index is 13.8. The summed E-state index contributed by atoms with van der Waals surface area (Å²) < 4.78 is 19.1. The van der Waals surface area contributed by atoms with E-state index >= 15 is 0 Å². The lowest BCUT2D eigenvalue weighted by molar-refractivity contribution is -0.139. The van der Waals surface area contributed by atoms with Crippen molar-refractivity contribution in [3.8, 4) is 0 Å². The normalized spacial score (nSPS) is 16.3. The van der Waals surface area contributed by atoms with Crippen molar-refractivity contribution in [2.75, 3.05) is 19.7 Å². The highest BCUT2D eigenvalue weighted by Crippen LogP contribution is 2.28. The second-order valence-corrected chi connectivity index (χ2v) is 6.99. The lowest BCUT2D eigenvalue weighted by Gasteiger charge is -2.32. The number of hydrogen-bond donors (Lipinski definition) is 2. The van der Waals surface area contributed by atoms with Crippen LogP contribution in [-0.2, 0) is 16.1 Å². The van der Waals surface area contributed by atoms with Crippen LogP contribution in [0.4, 0.5) is 9.18 Å². The van der Waals surface area contributed by atoms with Crippen molar-refractivity contribution in [3.63, 3.8) is 0 Å². The Hall–Kier alpha value is -3.19. The zero-order valence-corrected chi connectivity index (χ0v) is 17.2. The van der Waals surface area contributed by atoms with Crippen molar-refractivity contribution in [1.82, 2.24) is 15.5 Å². The summed E-state index contributed by atoms with van der Waals surface area (Å²) in [6.07, 6.45) is 0. The molecule has 1 heterocycles. The van der Waals surface area contributed by atoms with E-state index < -0.39 is 23.9 Å². The number of nitrogens with one attached hydrogen (secondary N) is 2. The smallest absolute Gasteiger partial charge is 0.338 e. The van der Waals surface area contributed by atoms with Gasteiger partial charge in [0, 0.05) is 18.8 Å². The van der Waals surface area contributed by atoms with E-state index in [2.05, 4.69) is 15.5 Å². The van der Waals surface area contributed by atoms with Crippen molar-refractivity contribution in [2.24, 2.45) is 0 Å². The molecule has 0 aliphatic carbocycles. The van der Waals surface area contributed by atoms with Crippen LogP contribution < -0.4 is 10.6 Å². The first-order valence-corrected chi connectivity index (χ1v) is 10.0. The summed E-state index contributed by atoms with van der Waals surface area (Å²) in [5.74, 6) is -0.977. The zero-order valence-electron chi connectivity index (χ0n) is 17.2. The van der Waals surface area contributed by atoms with Crippen molar-refractivity contribution >= 4 is 12.0 Å². The minimum atomic E-state index is -0.793. The third-order valence-corrected chi connectivity index (χ3v) is 4.91. The Kier molecular flexibility index (Phi) is 7.19. The van der Waals surface area contributed by atoms with Gasteiger partial charge in [0.1, 0.15) is 5.82 Å². The van der Waals surface area contributed by atoms with E-state index in [1.54, 1.807) is 19.1 Å². The highest BCUT2D eigenvalue weighted by Gasteiger charge is 2.34. The zero-order chi connectivity index (χ0) is 21.5.